The Bertz CT molecular complexity index is 334. The van der Waals surface area contributed by atoms with Gasteiger partial charge < -0.3 is 10.4 Å². The van der Waals surface area contributed by atoms with Crippen LogP contribution in [-0.4, -0.2) is 22.7 Å². The zero-order chi connectivity index (χ0) is 11.4. The van der Waals surface area contributed by atoms with E-state index in [1.165, 1.54) is 12.3 Å². The van der Waals surface area contributed by atoms with Crippen molar-refractivity contribution in [3.8, 4) is 0 Å². The van der Waals surface area contributed by atoms with Crippen LogP contribution in [-0.2, 0) is 0 Å². The lowest BCUT2D eigenvalue weighted by atomic mass is 10.2. The van der Waals surface area contributed by atoms with Crippen LogP contribution in [0.25, 0.3) is 0 Å². The standard InChI is InChI=1S/C9H11BrF2N2O/c1-5(15)4-14-9-7(10)6(8(11)12)2-3-13-9/h2-3,5,8,15H,4H2,1H3,(H,13,14)/t5-/m1/s1. The van der Waals surface area contributed by atoms with Crippen LogP contribution in [0.3, 0.4) is 0 Å². The van der Waals surface area contributed by atoms with Gasteiger partial charge in [-0.3, -0.25) is 0 Å². The predicted octanol–water partition coefficient (Wildman–Crippen LogP) is 2.57. The summed E-state index contributed by atoms with van der Waals surface area (Å²) in [5, 5.41) is 11.8. The summed E-state index contributed by atoms with van der Waals surface area (Å²) in [6, 6.07) is 1.25. The van der Waals surface area contributed by atoms with Crippen molar-refractivity contribution in [2.75, 3.05) is 11.9 Å². The number of pyridine rings is 1. The van der Waals surface area contributed by atoms with Gasteiger partial charge in [-0.1, -0.05) is 0 Å². The second-order valence-corrected chi connectivity index (χ2v) is 3.89. The minimum absolute atomic E-state index is 0.113. The van der Waals surface area contributed by atoms with Crippen LogP contribution in [0.5, 0.6) is 0 Å². The van der Waals surface area contributed by atoms with Crippen LogP contribution >= 0.6 is 15.9 Å². The SMILES string of the molecule is C[C@@H](O)CNc1nccc(C(F)F)c1Br. The Kier molecular flexibility index (Phi) is 4.41. The molecule has 1 rings (SSSR count). The largest absolute Gasteiger partial charge is 0.392 e. The molecular formula is C9H11BrF2N2O. The first-order valence-corrected chi connectivity index (χ1v) is 5.16. The van der Waals surface area contributed by atoms with E-state index in [0.717, 1.165) is 0 Å². The van der Waals surface area contributed by atoms with Gasteiger partial charge in [-0.05, 0) is 28.9 Å². The molecule has 15 heavy (non-hydrogen) atoms. The number of halogens is 3. The first kappa shape index (κ1) is 12.3. The number of anilines is 1. The molecule has 84 valence electrons. The Morgan fingerprint density at radius 2 is 2.27 bits per heavy atom. The second kappa shape index (κ2) is 5.37. The summed E-state index contributed by atoms with van der Waals surface area (Å²) in [6.45, 7) is 1.86. The summed E-state index contributed by atoms with van der Waals surface area (Å²) in [7, 11) is 0. The van der Waals surface area contributed by atoms with Gasteiger partial charge >= 0.3 is 0 Å². The highest BCUT2D eigenvalue weighted by atomic mass is 79.9. The van der Waals surface area contributed by atoms with Gasteiger partial charge in [0.15, 0.2) is 0 Å². The zero-order valence-electron chi connectivity index (χ0n) is 8.04. The Labute approximate surface area is 94.7 Å². The molecule has 1 atom stereocenters. The summed E-state index contributed by atoms with van der Waals surface area (Å²) in [5.74, 6) is 0.314. The molecule has 0 aromatic carbocycles. The van der Waals surface area contributed by atoms with Gasteiger partial charge in [0, 0.05) is 18.3 Å². The molecule has 0 saturated carbocycles. The van der Waals surface area contributed by atoms with E-state index in [2.05, 4.69) is 26.2 Å². The molecule has 0 amide bonds. The summed E-state index contributed by atoms with van der Waals surface area (Å²) < 4.78 is 25.2. The van der Waals surface area contributed by atoms with Crippen LogP contribution in [0.1, 0.15) is 18.9 Å². The predicted molar refractivity (Wildman–Crippen MR) is 57.1 cm³/mol. The summed E-state index contributed by atoms with van der Waals surface area (Å²) in [5.41, 5.74) is -0.113. The number of nitrogens with one attached hydrogen (secondary N) is 1. The van der Waals surface area contributed by atoms with Crippen molar-refractivity contribution >= 4 is 21.7 Å². The fraction of sp³-hybridized carbons (Fsp3) is 0.444. The molecule has 0 spiro atoms. The van der Waals surface area contributed by atoms with Crippen molar-refractivity contribution in [3.05, 3.63) is 22.3 Å². The molecule has 1 heterocycles. The molecule has 0 fully saturated rings. The van der Waals surface area contributed by atoms with E-state index in [-0.39, 0.29) is 16.6 Å². The first-order valence-electron chi connectivity index (χ1n) is 4.37. The van der Waals surface area contributed by atoms with Crippen molar-refractivity contribution in [2.45, 2.75) is 19.5 Å². The molecular weight excluding hydrogens is 270 g/mol. The summed E-state index contributed by atoms with van der Waals surface area (Å²) >= 11 is 3.05. The molecule has 6 heteroatoms. The number of rotatable bonds is 4. The molecule has 3 nitrogen and oxygen atoms in total. The van der Waals surface area contributed by atoms with E-state index in [9.17, 15) is 8.78 Å². The minimum atomic E-state index is -2.55. The summed E-state index contributed by atoms with van der Waals surface area (Å²) in [6.07, 6.45) is -1.81. The van der Waals surface area contributed by atoms with Crippen LogP contribution in [0.15, 0.2) is 16.7 Å². The Balaban J connectivity index is 2.85. The lowest BCUT2D eigenvalue weighted by Gasteiger charge is -2.11. The monoisotopic (exact) mass is 280 g/mol. The molecule has 2 N–H and O–H groups in total. The number of hydrogen-bond donors (Lipinski definition) is 2. The van der Waals surface area contributed by atoms with Crippen LogP contribution in [0, 0.1) is 0 Å². The summed E-state index contributed by atoms with van der Waals surface area (Å²) in [4.78, 5) is 3.89. The average Bonchev–Trinajstić information content (AvgIpc) is 2.15. The van der Waals surface area contributed by atoms with Crippen LogP contribution in [0.4, 0.5) is 14.6 Å². The topological polar surface area (TPSA) is 45.1 Å². The van der Waals surface area contributed by atoms with E-state index in [1.807, 2.05) is 0 Å². The lowest BCUT2D eigenvalue weighted by molar-refractivity contribution is 0.150. The van der Waals surface area contributed by atoms with Gasteiger partial charge in [0.25, 0.3) is 6.43 Å². The Hall–Kier alpha value is -0.750. The highest BCUT2D eigenvalue weighted by molar-refractivity contribution is 9.10. The fourth-order valence-corrected chi connectivity index (χ4v) is 1.54. The van der Waals surface area contributed by atoms with E-state index in [1.54, 1.807) is 6.92 Å². The highest BCUT2D eigenvalue weighted by Gasteiger charge is 2.14. The molecule has 0 unspecified atom stereocenters. The van der Waals surface area contributed by atoms with Crippen LogP contribution < -0.4 is 5.32 Å². The molecule has 0 saturated heterocycles. The maximum Gasteiger partial charge on any atom is 0.265 e. The fourth-order valence-electron chi connectivity index (χ4n) is 0.995. The third-order valence-corrected chi connectivity index (χ3v) is 2.55. The van der Waals surface area contributed by atoms with Crippen molar-refractivity contribution in [1.82, 2.24) is 4.98 Å². The number of hydrogen-bond acceptors (Lipinski definition) is 3. The molecule has 0 aliphatic carbocycles. The van der Waals surface area contributed by atoms with Gasteiger partial charge in [0.1, 0.15) is 5.82 Å². The van der Waals surface area contributed by atoms with Crippen molar-refractivity contribution in [2.24, 2.45) is 0 Å². The maximum absolute atomic E-state index is 12.5. The molecule has 1 aromatic heterocycles. The van der Waals surface area contributed by atoms with Crippen molar-refractivity contribution in [1.29, 1.82) is 0 Å². The molecule has 0 aliphatic rings. The second-order valence-electron chi connectivity index (χ2n) is 3.09. The van der Waals surface area contributed by atoms with E-state index in [0.29, 0.717) is 5.82 Å². The number of nitrogens with zero attached hydrogens (tertiary/aromatic N) is 1. The Morgan fingerprint density at radius 1 is 1.60 bits per heavy atom. The third-order valence-electron chi connectivity index (χ3n) is 1.72. The molecule has 0 bridgehead atoms. The van der Waals surface area contributed by atoms with Crippen molar-refractivity contribution in [3.63, 3.8) is 0 Å². The Morgan fingerprint density at radius 3 is 2.80 bits per heavy atom. The van der Waals surface area contributed by atoms with Gasteiger partial charge in [-0.25, -0.2) is 13.8 Å². The van der Waals surface area contributed by atoms with Gasteiger partial charge in [-0.15, -0.1) is 0 Å². The number of aromatic nitrogens is 1. The van der Waals surface area contributed by atoms with Gasteiger partial charge in [0.05, 0.1) is 10.6 Å². The molecule has 1 aromatic rings. The highest BCUT2D eigenvalue weighted by Crippen LogP contribution is 2.31. The smallest absolute Gasteiger partial charge is 0.265 e. The zero-order valence-corrected chi connectivity index (χ0v) is 9.63. The van der Waals surface area contributed by atoms with E-state index in [4.69, 9.17) is 5.11 Å². The van der Waals surface area contributed by atoms with Gasteiger partial charge in [0.2, 0.25) is 0 Å². The van der Waals surface area contributed by atoms with E-state index >= 15 is 0 Å². The lowest BCUT2D eigenvalue weighted by Crippen LogP contribution is -2.16. The number of aliphatic hydroxyl groups excluding tert-OH is 1. The first-order chi connectivity index (χ1) is 7.02. The molecule has 0 radical (unpaired) electrons. The minimum Gasteiger partial charge on any atom is -0.392 e. The van der Waals surface area contributed by atoms with Crippen molar-refractivity contribution < 1.29 is 13.9 Å². The average molecular weight is 281 g/mol. The number of alkyl halides is 2. The number of aliphatic hydroxyl groups is 1. The van der Waals surface area contributed by atoms with Crippen LogP contribution in [0.2, 0.25) is 0 Å². The quantitative estimate of drug-likeness (QED) is 0.891. The molecule has 0 aliphatic heterocycles. The van der Waals surface area contributed by atoms with Gasteiger partial charge in [-0.2, -0.15) is 0 Å². The normalized spacial score (nSPS) is 12.9. The van der Waals surface area contributed by atoms with E-state index < -0.39 is 12.5 Å². The maximum atomic E-state index is 12.5. The third kappa shape index (κ3) is 3.39.